The molecule has 0 radical (unpaired) electrons. The van der Waals surface area contributed by atoms with Crippen LogP contribution in [0.1, 0.15) is 10.6 Å². The van der Waals surface area contributed by atoms with Gasteiger partial charge in [0.25, 0.3) is 0 Å². The van der Waals surface area contributed by atoms with Crippen molar-refractivity contribution in [2.75, 3.05) is 5.32 Å². The third-order valence-corrected chi connectivity index (χ3v) is 5.67. The SMILES string of the molecule is N#C/C(=C\Nc1ccc(Cl)c(C(F)(F)F)c1)c1nc(-c2ccc(Cl)c(Cl)c2)cs1. The minimum absolute atomic E-state index is 0.135. The standard InChI is InChI=1S/C19H9Cl3F3N3S/c20-14-4-2-12(6-13(14)19(23,24)25)27-8-11(7-26)18-28-17(9-29-18)10-1-3-15(21)16(22)5-10/h1-6,8-9,27H/b11-8+. The third kappa shape index (κ3) is 5.03. The predicted octanol–water partition coefficient (Wildman–Crippen LogP) is 7.77. The highest BCUT2D eigenvalue weighted by molar-refractivity contribution is 7.11. The van der Waals surface area contributed by atoms with E-state index in [0.717, 1.165) is 17.7 Å². The van der Waals surface area contributed by atoms with E-state index in [2.05, 4.69) is 10.3 Å². The van der Waals surface area contributed by atoms with Crippen molar-refractivity contribution in [1.29, 1.82) is 5.26 Å². The van der Waals surface area contributed by atoms with Crippen LogP contribution in [0.25, 0.3) is 16.8 Å². The average Bonchev–Trinajstić information content (AvgIpc) is 3.15. The minimum Gasteiger partial charge on any atom is -0.360 e. The fourth-order valence-electron chi connectivity index (χ4n) is 2.32. The molecule has 0 aliphatic heterocycles. The fraction of sp³-hybridized carbons (Fsp3) is 0.0526. The van der Waals surface area contributed by atoms with Gasteiger partial charge in [-0.05, 0) is 30.3 Å². The van der Waals surface area contributed by atoms with Crippen molar-refractivity contribution in [3.63, 3.8) is 0 Å². The number of allylic oxidation sites excluding steroid dienone is 1. The van der Waals surface area contributed by atoms with Gasteiger partial charge < -0.3 is 5.32 Å². The van der Waals surface area contributed by atoms with Crippen LogP contribution in [0.15, 0.2) is 48.0 Å². The summed E-state index contributed by atoms with van der Waals surface area (Å²) in [7, 11) is 0. The monoisotopic (exact) mass is 473 g/mol. The van der Waals surface area contributed by atoms with Gasteiger partial charge in [-0.2, -0.15) is 18.4 Å². The van der Waals surface area contributed by atoms with E-state index in [1.807, 2.05) is 6.07 Å². The largest absolute Gasteiger partial charge is 0.417 e. The van der Waals surface area contributed by atoms with Gasteiger partial charge in [-0.25, -0.2) is 4.98 Å². The molecule has 0 saturated heterocycles. The van der Waals surface area contributed by atoms with Gasteiger partial charge in [0.15, 0.2) is 0 Å². The number of nitrogens with zero attached hydrogens (tertiary/aromatic N) is 2. The molecule has 1 N–H and O–H groups in total. The van der Waals surface area contributed by atoms with Crippen LogP contribution in [-0.2, 0) is 6.18 Å². The molecule has 0 spiro atoms. The average molecular weight is 475 g/mol. The molecule has 0 aliphatic carbocycles. The molecule has 0 amide bonds. The highest BCUT2D eigenvalue weighted by Gasteiger charge is 2.33. The molecule has 3 aromatic rings. The topological polar surface area (TPSA) is 48.7 Å². The minimum atomic E-state index is -4.58. The summed E-state index contributed by atoms with van der Waals surface area (Å²) in [6.07, 6.45) is -3.29. The summed E-state index contributed by atoms with van der Waals surface area (Å²) in [5.41, 5.74) is 0.642. The first-order valence-electron chi connectivity index (χ1n) is 7.84. The number of nitrogens with one attached hydrogen (secondary N) is 1. The first-order valence-corrected chi connectivity index (χ1v) is 9.85. The molecular weight excluding hydrogens is 466 g/mol. The number of alkyl halides is 3. The van der Waals surface area contributed by atoms with Crippen molar-refractivity contribution in [3.8, 4) is 17.3 Å². The Balaban J connectivity index is 1.85. The summed E-state index contributed by atoms with van der Waals surface area (Å²) in [5.74, 6) is 0. The van der Waals surface area contributed by atoms with Gasteiger partial charge in [-0.3, -0.25) is 0 Å². The molecule has 0 atom stereocenters. The number of benzene rings is 2. The Labute approximate surface area is 183 Å². The van der Waals surface area contributed by atoms with E-state index in [4.69, 9.17) is 34.8 Å². The Morgan fingerprint density at radius 1 is 1.07 bits per heavy atom. The summed E-state index contributed by atoms with van der Waals surface area (Å²) in [6, 6.07) is 10.4. The molecule has 29 heavy (non-hydrogen) atoms. The second-order valence-corrected chi connectivity index (χ2v) is 7.75. The van der Waals surface area contributed by atoms with Gasteiger partial charge in [0.1, 0.15) is 16.6 Å². The van der Waals surface area contributed by atoms with Gasteiger partial charge in [0, 0.05) is 22.8 Å². The molecule has 0 unspecified atom stereocenters. The first kappa shape index (κ1) is 21.5. The molecule has 3 nitrogen and oxygen atoms in total. The molecular formula is C19H9Cl3F3N3S. The van der Waals surface area contributed by atoms with Crippen molar-refractivity contribution in [3.05, 3.63) is 73.6 Å². The van der Waals surface area contributed by atoms with Gasteiger partial charge in [0.2, 0.25) is 0 Å². The van der Waals surface area contributed by atoms with E-state index < -0.39 is 16.8 Å². The second-order valence-electron chi connectivity index (χ2n) is 5.67. The maximum Gasteiger partial charge on any atom is 0.417 e. The van der Waals surface area contributed by atoms with Crippen LogP contribution in [0.3, 0.4) is 0 Å². The van der Waals surface area contributed by atoms with E-state index in [-0.39, 0.29) is 11.3 Å². The van der Waals surface area contributed by atoms with Crippen molar-refractivity contribution in [1.82, 2.24) is 4.98 Å². The Morgan fingerprint density at radius 3 is 2.45 bits per heavy atom. The summed E-state index contributed by atoms with van der Waals surface area (Å²) in [5, 5.41) is 14.6. The number of thiazole rings is 1. The Bertz CT molecular complexity index is 1130. The first-order chi connectivity index (χ1) is 13.7. The van der Waals surface area contributed by atoms with Crippen LogP contribution >= 0.6 is 46.1 Å². The summed E-state index contributed by atoms with van der Waals surface area (Å²) >= 11 is 18.7. The number of hydrogen-bond donors (Lipinski definition) is 1. The van der Waals surface area contributed by atoms with Gasteiger partial charge >= 0.3 is 6.18 Å². The molecule has 2 aromatic carbocycles. The lowest BCUT2D eigenvalue weighted by atomic mass is 10.2. The molecule has 3 rings (SSSR count). The molecule has 10 heteroatoms. The number of halogens is 6. The van der Waals surface area contributed by atoms with Gasteiger partial charge in [0.05, 0.1) is 26.3 Å². The number of rotatable bonds is 4. The normalized spacial score (nSPS) is 12.0. The molecule has 0 bridgehead atoms. The highest BCUT2D eigenvalue weighted by Crippen LogP contribution is 2.36. The molecule has 0 saturated carbocycles. The van der Waals surface area contributed by atoms with E-state index >= 15 is 0 Å². The van der Waals surface area contributed by atoms with Crippen molar-refractivity contribution in [2.24, 2.45) is 0 Å². The Kier molecular flexibility index (Phi) is 6.39. The molecule has 0 aliphatic rings. The van der Waals surface area contributed by atoms with Crippen LogP contribution in [0.5, 0.6) is 0 Å². The number of aromatic nitrogens is 1. The zero-order valence-electron chi connectivity index (χ0n) is 14.2. The zero-order chi connectivity index (χ0) is 21.2. The maximum atomic E-state index is 13.0. The summed E-state index contributed by atoms with van der Waals surface area (Å²) < 4.78 is 38.9. The number of nitriles is 1. The van der Waals surface area contributed by atoms with Crippen LogP contribution < -0.4 is 5.32 Å². The summed E-state index contributed by atoms with van der Waals surface area (Å²) in [6.45, 7) is 0. The number of hydrogen-bond acceptors (Lipinski definition) is 4. The van der Waals surface area contributed by atoms with E-state index in [0.29, 0.717) is 20.7 Å². The summed E-state index contributed by atoms with van der Waals surface area (Å²) in [4.78, 5) is 4.39. The lowest BCUT2D eigenvalue weighted by molar-refractivity contribution is -0.137. The molecule has 1 heterocycles. The Morgan fingerprint density at radius 2 is 1.79 bits per heavy atom. The molecule has 1 aromatic heterocycles. The van der Waals surface area contributed by atoms with E-state index in [9.17, 15) is 18.4 Å². The lowest BCUT2D eigenvalue weighted by Crippen LogP contribution is -2.06. The second kappa shape index (κ2) is 8.64. The third-order valence-electron chi connectivity index (χ3n) is 3.73. The number of anilines is 1. The van der Waals surface area contributed by atoms with Crippen molar-refractivity contribution >= 4 is 57.4 Å². The lowest BCUT2D eigenvalue weighted by Gasteiger charge is -2.10. The zero-order valence-corrected chi connectivity index (χ0v) is 17.3. The van der Waals surface area contributed by atoms with E-state index in [1.165, 1.54) is 23.6 Å². The van der Waals surface area contributed by atoms with Crippen LogP contribution in [-0.4, -0.2) is 4.98 Å². The van der Waals surface area contributed by atoms with Crippen molar-refractivity contribution in [2.45, 2.75) is 6.18 Å². The Hall–Kier alpha value is -2.24. The smallest absolute Gasteiger partial charge is 0.360 e. The van der Waals surface area contributed by atoms with Crippen LogP contribution in [0, 0.1) is 11.3 Å². The van der Waals surface area contributed by atoms with Gasteiger partial charge in [-0.1, -0.05) is 40.9 Å². The molecule has 0 fully saturated rings. The highest BCUT2D eigenvalue weighted by atomic mass is 35.5. The predicted molar refractivity (Wildman–Crippen MR) is 111 cm³/mol. The van der Waals surface area contributed by atoms with E-state index in [1.54, 1.807) is 23.6 Å². The van der Waals surface area contributed by atoms with Crippen molar-refractivity contribution < 1.29 is 13.2 Å². The quantitative estimate of drug-likeness (QED) is 0.393. The van der Waals surface area contributed by atoms with Crippen LogP contribution in [0.2, 0.25) is 15.1 Å². The fourth-order valence-corrected chi connectivity index (χ4v) is 3.63. The van der Waals surface area contributed by atoms with Crippen LogP contribution in [0.4, 0.5) is 18.9 Å². The molecule has 148 valence electrons. The maximum absolute atomic E-state index is 13.0. The van der Waals surface area contributed by atoms with Gasteiger partial charge in [-0.15, -0.1) is 11.3 Å².